The van der Waals surface area contributed by atoms with E-state index in [2.05, 4.69) is 4.72 Å². The Hall–Kier alpha value is -1.79. The van der Waals surface area contributed by atoms with E-state index in [1.807, 2.05) is 0 Å². The van der Waals surface area contributed by atoms with E-state index in [0.29, 0.717) is 16.5 Å². The number of rotatable bonds is 6. The third kappa shape index (κ3) is 4.89. The van der Waals surface area contributed by atoms with Crippen LogP contribution in [0.25, 0.3) is 0 Å². The van der Waals surface area contributed by atoms with Crippen molar-refractivity contribution in [1.29, 1.82) is 0 Å². The largest absolute Gasteiger partial charge is 0.492 e. The van der Waals surface area contributed by atoms with Gasteiger partial charge in [-0.3, -0.25) is 4.72 Å². The predicted octanol–water partition coefficient (Wildman–Crippen LogP) is 3.61. The van der Waals surface area contributed by atoms with Crippen molar-refractivity contribution in [3.63, 3.8) is 0 Å². The predicted molar refractivity (Wildman–Crippen MR) is 85.5 cm³/mol. The van der Waals surface area contributed by atoms with Crippen molar-refractivity contribution in [2.75, 3.05) is 17.1 Å². The number of hydrogen-bond donors (Lipinski definition) is 1. The third-order valence-corrected chi connectivity index (χ3v) is 4.37. The average Bonchev–Trinajstić information content (AvgIpc) is 2.45. The highest BCUT2D eigenvalue weighted by atomic mass is 35.5. The molecule has 0 fully saturated rings. The van der Waals surface area contributed by atoms with Crippen LogP contribution in [0.15, 0.2) is 42.5 Å². The number of sulfonamides is 1. The van der Waals surface area contributed by atoms with Gasteiger partial charge in [-0.2, -0.15) is 0 Å². The smallest absolute Gasteiger partial charge is 0.236 e. The van der Waals surface area contributed by atoms with Gasteiger partial charge in [0.1, 0.15) is 23.9 Å². The van der Waals surface area contributed by atoms with Gasteiger partial charge in [0.25, 0.3) is 0 Å². The second kappa shape index (κ2) is 6.98. The first-order chi connectivity index (χ1) is 10.4. The van der Waals surface area contributed by atoms with Crippen molar-refractivity contribution in [3.8, 4) is 5.75 Å². The summed E-state index contributed by atoms with van der Waals surface area (Å²) >= 11 is 5.85. The van der Waals surface area contributed by atoms with Crippen molar-refractivity contribution >= 4 is 27.3 Å². The number of halogens is 2. The first-order valence-corrected chi connectivity index (χ1v) is 8.54. The summed E-state index contributed by atoms with van der Waals surface area (Å²) in [6.45, 7) is 1.74. The van der Waals surface area contributed by atoms with Gasteiger partial charge in [-0.15, -0.1) is 0 Å². The molecule has 0 heterocycles. The molecule has 2 rings (SSSR count). The lowest BCUT2D eigenvalue weighted by Crippen LogP contribution is -2.21. The Morgan fingerprint density at radius 1 is 1.18 bits per heavy atom. The first kappa shape index (κ1) is 16.6. The van der Waals surface area contributed by atoms with E-state index in [9.17, 15) is 12.8 Å². The van der Waals surface area contributed by atoms with E-state index >= 15 is 0 Å². The fourth-order valence-electron chi connectivity index (χ4n) is 1.72. The first-order valence-electron chi connectivity index (χ1n) is 6.51. The molecule has 22 heavy (non-hydrogen) atoms. The lowest BCUT2D eigenvalue weighted by atomic mass is 10.2. The summed E-state index contributed by atoms with van der Waals surface area (Å²) in [6.07, 6.45) is 0. The van der Waals surface area contributed by atoms with Gasteiger partial charge in [0.2, 0.25) is 10.0 Å². The van der Waals surface area contributed by atoms with Crippen LogP contribution in [-0.4, -0.2) is 20.8 Å². The molecule has 7 heteroatoms. The number of anilines is 1. The fraction of sp³-hybridized carbons (Fsp3) is 0.200. The molecule has 0 aliphatic rings. The molecule has 2 aromatic carbocycles. The van der Waals surface area contributed by atoms with Crippen LogP contribution < -0.4 is 9.46 Å². The monoisotopic (exact) mass is 343 g/mol. The van der Waals surface area contributed by atoms with Crippen LogP contribution in [0.1, 0.15) is 5.56 Å². The van der Waals surface area contributed by atoms with Crippen LogP contribution in [0.3, 0.4) is 0 Å². The second-order valence-electron chi connectivity index (χ2n) is 4.68. The second-order valence-corrected chi connectivity index (χ2v) is 6.96. The zero-order valence-electron chi connectivity index (χ0n) is 11.8. The molecule has 0 aliphatic heterocycles. The summed E-state index contributed by atoms with van der Waals surface area (Å²) < 4.78 is 44.5. The summed E-state index contributed by atoms with van der Waals surface area (Å²) in [5, 5.41) is 0.450. The highest BCUT2D eigenvalue weighted by Gasteiger charge is 2.12. The van der Waals surface area contributed by atoms with Crippen LogP contribution in [0.4, 0.5) is 10.1 Å². The Morgan fingerprint density at radius 3 is 2.55 bits per heavy atom. The molecule has 0 bridgehead atoms. The highest BCUT2D eigenvalue weighted by molar-refractivity contribution is 7.92. The molecule has 0 amide bonds. The standard InChI is InChI=1S/C15H15ClFNO3S/c1-11-2-3-12(16)10-15(11)18-22(19,20)9-8-21-14-6-4-13(17)5-7-14/h2-7,10,18H,8-9H2,1H3. The molecule has 1 N–H and O–H groups in total. The molecular formula is C15H15ClFNO3S. The van der Waals surface area contributed by atoms with Crippen LogP contribution in [-0.2, 0) is 10.0 Å². The topological polar surface area (TPSA) is 55.4 Å². The molecule has 0 saturated heterocycles. The SMILES string of the molecule is Cc1ccc(Cl)cc1NS(=O)(=O)CCOc1ccc(F)cc1. The van der Waals surface area contributed by atoms with Gasteiger partial charge in [-0.05, 0) is 48.9 Å². The molecule has 0 atom stereocenters. The minimum Gasteiger partial charge on any atom is -0.492 e. The van der Waals surface area contributed by atoms with Crippen molar-refractivity contribution < 1.29 is 17.5 Å². The van der Waals surface area contributed by atoms with Gasteiger partial charge in [0, 0.05) is 5.02 Å². The number of aryl methyl sites for hydroxylation is 1. The van der Waals surface area contributed by atoms with Gasteiger partial charge in [-0.1, -0.05) is 17.7 Å². The summed E-state index contributed by atoms with van der Waals surface area (Å²) in [5.74, 6) is -0.190. The lowest BCUT2D eigenvalue weighted by molar-refractivity contribution is 0.340. The Bertz CT molecular complexity index is 748. The molecule has 0 aromatic heterocycles. The number of ether oxygens (including phenoxy) is 1. The normalized spacial score (nSPS) is 11.2. The van der Waals surface area contributed by atoms with Crippen molar-refractivity contribution in [2.24, 2.45) is 0 Å². The zero-order valence-corrected chi connectivity index (χ0v) is 13.4. The Labute approximate surface area is 133 Å². The van der Waals surface area contributed by atoms with Gasteiger partial charge in [0.05, 0.1) is 5.69 Å². The van der Waals surface area contributed by atoms with E-state index < -0.39 is 10.0 Å². The summed E-state index contributed by atoms with van der Waals surface area (Å²) in [4.78, 5) is 0. The van der Waals surface area contributed by atoms with E-state index in [1.165, 1.54) is 24.3 Å². The van der Waals surface area contributed by atoms with Crippen LogP contribution in [0, 0.1) is 12.7 Å². The van der Waals surface area contributed by atoms with E-state index in [1.54, 1.807) is 25.1 Å². The maximum Gasteiger partial charge on any atom is 0.236 e. The molecule has 0 radical (unpaired) electrons. The van der Waals surface area contributed by atoms with Crippen LogP contribution >= 0.6 is 11.6 Å². The number of nitrogens with one attached hydrogen (secondary N) is 1. The Balaban J connectivity index is 1.93. The number of benzene rings is 2. The zero-order chi connectivity index (χ0) is 16.2. The average molecular weight is 344 g/mol. The summed E-state index contributed by atoms with van der Waals surface area (Å²) in [7, 11) is -3.56. The molecular weight excluding hydrogens is 329 g/mol. The molecule has 0 saturated carbocycles. The maximum absolute atomic E-state index is 12.7. The van der Waals surface area contributed by atoms with Crippen molar-refractivity contribution in [1.82, 2.24) is 0 Å². The molecule has 0 aliphatic carbocycles. The lowest BCUT2D eigenvalue weighted by Gasteiger charge is -2.11. The quantitative estimate of drug-likeness (QED) is 0.871. The molecule has 0 unspecified atom stereocenters. The van der Waals surface area contributed by atoms with Crippen molar-refractivity contribution in [2.45, 2.75) is 6.92 Å². The van der Waals surface area contributed by atoms with Gasteiger partial charge < -0.3 is 4.74 Å². The Morgan fingerprint density at radius 2 is 1.86 bits per heavy atom. The van der Waals surface area contributed by atoms with Crippen LogP contribution in [0.5, 0.6) is 5.75 Å². The van der Waals surface area contributed by atoms with Gasteiger partial charge in [-0.25, -0.2) is 12.8 Å². The molecule has 4 nitrogen and oxygen atoms in total. The summed E-state index contributed by atoms with van der Waals surface area (Å²) in [6, 6.07) is 10.3. The minimum absolute atomic E-state index is 0.0411. The van der Waals surface area contributed by atoms with Gasteiger partial charge in [0.15, 0.2) is 0 Å². The van der Waals surface area contributed by atoms with Crippen LogP contribution in [0.2, 0.25) is 5.02 Å². The molecule has 118 valence electrons. The molecule has 0 spiro atoms. The minimum atomic E-state index is -3.56. The highest BCUT2D eigenvalue weighted by Crippen LogP contribution is 2.21. The van der Waals surface area contributed by atoms with E-state index in [4.69, 9.17) is 16.3 Å². The fourth-order valence-corrected chi connectivity index (χ4v) is 2.85. The third-order valence-electron chi connectivity index (χ3n) is 2.90. The summed E-state index contributed by atoms with van der Waals surface area (Å²) in [5.41, 5.74) is 1.21. The maximum atomic E-state index is 12.7. The Kier molecular flexibility index (Phi) is 5.26. The number of hydrogen-bond acceptors (Lipinski definition) is 3. The van der Waals surface area contributed by atoms with E-state index in [-0.39, 0.29) is 18.2 Å². The van der Waals surface area contributed by atoms with Gasteiger partial charge >= 0.3 is 0 Å². The van der Waals surface area contributed by atoms with Crippen molar-refractivity contribution in [3.05, 3.63) is 58.9 Å². The van der Waals surface area contributed by atoms with E-state index in [0.717, 1.165) is 5.56 Å². The molecule has 2 aromatic rings.